The predicted octanol–water partition coefficient (Wildman–Crippen LogP) is 6.66. The summed E-state index contributed by atoms with van der Waals surface area (Å²) in [5.74, 6) is -1.68. The van der Waals surface area contributed by atoms with E-state index >= 15 is 0 Å². The van der Waals surface area contributed by atoms with Gasteiger partial charge >= 0.3 is 12.1 Å². The molecule has 17 heteroatoms. The molecule has 72 heavy (non-hydrogen) atoms. The second-order valence-electron chi connectivity index (χ2n) is 18.2. The summed E-state index contributed by atoms with van der Waals surface area (Å²) in [5.41, 5.74) is 12.8. The molecule has 0 spiro atoms. The monoisotopic (exact) mass is 971 g/mol. The number of imide groups is 2. The van der Waals surface area contributed by atoms with Crippen molar-refractivity contribution in [2.45, 2.75) is 64.7 Å². The number of nitrogens with zero attached hydrogens (tertiary/aromatic N) is 8. The van der Waals surface area contributed by atoms with Crippen molar-refractivity contribution in [2.75, 3.05) is 48.6 Å². The smallest absolute Gasteiger partial charge is 0.325 e. The number of likely N-dealkylation sites (N-methyl/N-ethyl adjacent to an activating group) is 2. The van der Waals surface area contributed by atoms with Crippen molar-refractivity contribution in [3.63, 3.8) is 0 Å². The van der Waals surface area contributed by atoms with Gasteiger partial charge in [0, 0.05) is 70.9 Å². The van der Waals surface area contributed by atoms with E-state index in [1.54, 1.807) is 75.3 Å². The SMILES string of the molecule is CC[C@@H](NC(=O)N1C(=O)[C@H](Cc2ccnc(N(C)C)c2)[C@H]1C(=O)N(C)c1ccncc1)c1cccc(C)c1.Cc1cccc(CNC(=O)N2C(=O)[C@H](Cc3ccnc(N)c3)[C@H]2C(=O)N(C)c2ccccc2)c1. The maximum Gasteiger partial charge on any atom is 0.325 e. The normalized spacial score (nSPS) is 17.3. The molecule has 5 atom stereocenters. The van der Waals surface area contributed by atoms with Crippen molar-refractivity contribution in [2.24, 2.45) is 11.8 Å². The van der Waals surface area contributed by atoms with E-state index in [-0.39, 0.29) is 36.7 Å². The molecule has 8 amide bonds. The molecule has 0 unspecified atom stereocenters. The number of rotatable bonds is 14. The number of hydrogen-bond donors (Lipinski definition) is 3. The summed E-state index contributed by atoms with van der Waals surface area (Å²) < 4.78 is 0. The largest absolute Gasteiger partial charge is 0.384 e. The molecule has 0 saturated carbocycles. The highest BCUT2D eigenvalue weighted by atomic mass is 16.2. The van der Waals surface area contributed by atoms with Gasteiger partial charge < -0.3 is 31.1 Å². The van der Waals surface area contributed by atoms with Gasteiger partial charge in [-0.25, -0.2) is 19.6 Å². The van der Waals surface area contributed by atoms with Gasteiger partial charge in [-0.2, -0.15) is 0 Å². The van der Waals surface area contributed by atoms with Crippen LogP contribution in [0.25, 0.3) is 0 Å². The third kappa shape index (κ3) is 11.7. The second-order valence-corrected chi connectivity index (χ2v) is 18.2. The minimum Gasteiger partial charge on any atom is -0.384 e. The van der Waals surface area contributed by atoms with Gasteiger partial charge in [0.05, 0.1) is 17.9 Å². The van der Waals surface area contributed by atoms with E-state index in [1.165, 1.54) is 9.80 Å². The third-order valence-electron chi connectivity index (χ3n) is 12.9. The minimum atomic E-state index is -0.938. The van der Waals surface area contributed by atoms with Crippen molar-refractivity contribution >= 4 is 58.7 Å². The fourth-order valence-corrected chi connectivity index (χ4v) is 8.96. The van der Waals surface area contributed by atoms with E-state index in [2.05, 4.69) is 25.6 Å². The van der Waals surface area contributed by atoms with Gasteiger partial charge in [0.2, 0.25) is 11.8 Å². The first-order valence-electron chi connectivity index (χ1n) is 23.8. The molecule has 5 heterocycles. The lowest BCUT2D eigenvalue weighted by Crippen LogP contribution is -2.70. The molecule has 0 radical (unpaired) electrons. The van der Waals surface area contributed by atoms with Crippen LogP contribution in [-0.4, -0.2) is 101 Å². The lowest BCUT2D eigenvalue weighted by atomic mass is 9.81. The van der Waals surface area contributed by atoms with Gasteiger partial charge in [0.25, 0.3) is 11.8 Å². The van der Waals surface area contributed by atoms with Crippen LogP contribution < -0.4 is 31.1 Å². The summed E-state index contributed by atoms with van der Waals surface area (Å²) in [6.07, 6.45) is 7.69. The zero-order valence-electron chi connectivity index (χ0n) is 41.6. The van der Waals surface area contributed by atoms with Gasteiger partial charge in [-0.15, -0.1) is 0 Å². The van der Waals surface area contributed by atoms with Gasteiger partial charge in [0.1, 0.15) is 23.7 Å². The zero-order valence-corrected chi connectivity index (χ0v) is 41.6. The number of benzene rings is 3. The molecule has 2 aliphatic rings. The van der Waals surface area contributed by atoms with Crippen LogP contribution >= 0.6 is 0 Å². The van der Waals surface area contributed by atoms with Crippen LogP contribution in [0.15, 0.2) is 140 Å². The molecule has 3 aromatic heterocycles. The number of nitrogens with two attached hydrogens (primary N) is 1. The average Bonchev–Trinajstić information content (AvgIpc) is 3.38. The number of pyridine rings is 3. The Hall–Kier alpha value is -8.47. The summed E-state index contributed by atoms with van der Waals surface area (Å²) in [5, 5.41) is 5.76. The Bertz CT molecular complexity index is 2910. The molecule has 2 fully saturated rings. The van der Waals surface area contributed by atoms with Crippen molar-refractivity contribution < 1.29 is 28.8 Å². The Labute approximate surface area is 420 Å². The van der Waals surface area contributed by atoms with Crippen LogP contribution in [0.2, 0.25) is 0 Å². The van der Waals surface area contributed by atoms with E-state index in [1.807, 2.05) is 119 Å². The van der Waals surface area contributed by atoms with Crippen LogP contribution in [-0.2, 0) is 38.6 Å². The van der Waals surface area contributed by atoms with Crippen molar-refractivity contribution in [1.29, 1.82) is 0 Å². The Morgan fingerprint density at radius 2 is 1.18 bits per heavy atom. The van der Waals surface area contributed by atoms with E-state index in [9.17, 15) is 28.8 Å². The number of nitrogens with one attached hydrogen (secondary N) is 2. The van der Waals surface area contributed by atoms with Gasteiger partial charge in [-0.1, -0.05) is 84.8 Å². The Balaban J connectivity index is 0.000000213. The number of hydrogen-bond acceptors (Lipinski definition) is 11. The van der Waals surface area contributed by atoms with Gasteiger partial charge in [-0.05, 0) is 104 Å². The minimum absolute atomic E-state index is 0.255. The first kappa shape index (κ1) is 51.4. The molecular formula is C55H61N11O6. The van der Waals surface area contributed by atoms with E-state index in [0.29, 0.717) is 30.0 Å². The third-order valence-corrected chi connectivity index (χ3v) is 12.9. The maximum atomic E-state index is 13.7. The second kappa shape index (κ2) is 23.0. The number of anilines is 4. The number of aryl methyl sites for hydroxylation is 2. The molecule has 372 valence electrons. The van der Waals surface area contributed by atoms with Crippen LogP contribution in [0.3, 0.4) is 0 Å². The van der Waals surface area contributed by atoms with Gasteiger partial charge in [0.15, 0.2) is 0 Å². The van der Waals surface area contributed by atoms with Crippen LogP contribution in [0.5, 0.6) is 0 Å². The first-order chi connectivity index (χ1) is 34.6. The fraction of sp³-hybridized carbons (Fsp3) is 0.291. The fourth-order valence-electron chi connectivity index (χ4n) is 8.96. The van der Waals surface area contributed by atoms with E-state index in [0.717, 1.165) is 49.0 Å². The van der Waals surface area contributed by atoms with Crippen LogP contribution in [0, 0.1) is 25.7 Å². The molecule has 0 aliphatic carbocycles. The number of aromatic nitrogens is 3. The highest BCUT2D eigenvalue weighted by Crippen LogP contribution is 2.35. The summed E-state index contributed by atoms with van der Waals surface area (Å²) in [4.78, 5) is 99.5. The lowest BCUT2D eigenvalue weighted by molar-refractivity contribution is -0.156. The number of likely N-dealkylation sites (tertiary alicyclic amines) is 2. The molecule has 2 saturated heterocycles. The van der Waals surface area contributed by atoms with Crippen molar-refractivity contribution in [1.82, 2.24) is 35.4 Å². The van der Waals surface area contributed by atoms with Crippen LogP contribution in [0.1, 0.15) is 52.8 Å². The van der Waals surface area contributed by atoms with Crippen molar-refractivity contribution in [3.05, 3.63) is 173 Å². The van der Waals surface area contributed by atoms with Gasteiger partial charge in [-0.3, -0.25) is 34.0 Å². The number of nitrogen functional groups attached to an aromatic ring is 1. The molecule has 6 aromatic rings. The molecule has 4 N–H and O–H groups in total. The molecular weight excluding hydrogens is 911 g/mol. The number of β-lactam (4-membered cyclic amide) rings is 2. The summed E-state index contributed by atoms with van der Waals surface area (Å²) in [7, 11) is 7.07. The zero-order chi connectivity index (χ0) is 51.6. The topological polar surface area (TPSA) is 207 Å². The molecule has 2 aliphatic heterocycles. The number of para-hydroxylation sites is 1. The predicted molar refractivity (Wildman–Crippen MR) is 277 cm³/mol. The summed E-state index contributed by atoms with van der Waals surface area (Å²) in [6.45, 7) is 6.19. The molecule has 8 rings (SSSR count). The number of urea groups is 2. The number of carbonyl (C=O) groups is 6. The van der Waals surface area contributed by atoms with Crippen LogP contribution in [0.4, 0.5) is 32.6 Å². The van der Waals surface area contributed by atoms with Crippen molar-refractivity contribution in [3.8, 4) is 0 Å². The number of amides is 8. The number of carbonyl (C=O) groups excluding carboxylic acids is 6. The Morgan fingerprint density at radius 3 is 1.75 bits per heavy atom. The molecule has 0 bridgehead atoms. The summed E-state index contributed by atoms with van der Waals surface area (Å²) in [6, 6.07) is 32.1. The van der Waals surface area contributed by atoms with E-state index in [4.69, 9.17) is 5.73 Å². The standard InChI is InChI=1S/C29H34N6O3.C26H27N5O3/c1-6-24(21-9-7-8-19(2)16-21)32-29(38)35-26(28(37)34(5)22-11-13-30-14-12-22)23(27(35)36)17-20-10-15-31-25(18-20)33(3)4;1-17-7-6-8-19(13-17)16-29-26(34)31-23(25(33)30(2)20-9-4-3-5-10-20)21(24(31)32)14-18-11-12-28-22(27)15-18/h7-16,18,23-24,26H,6,17H2,1-5H3,(H,32,38);3-13,15,21,23H,14,16H2,1-2H3,(H2,27,28)(H,29,34)/t23-,24-,26+;21-,23+/m11/s1. The van der Waals surface area contributed by atoms with E-state index < -0.39 is 41.9 Å². The lowest BCUT2D eigenvalue weighted by Gasteiger charge is -2.46. The Kier molecular flexibility index (Phi) is 16.4. The summed E-state index contributed by atoms with van der Waals surface area (Å²) >= 11 is 0. The molecule has 17 nitrogen and oxygen atoms in total. The highest BCUT2D eigenvalue weighted by molar-refractivity contribution is 6.13. The highest BCUT2D eigenvalue weighted by Gasteiger charge is 2.56. The quantitative estimate of drug-likeness (QED) is 0.0984. The Morgan fingerprint density at radius 1 is 0.625 bits per heavy atom. The molecule has 3 aromatic carbocycles. The average molecular weight is 972 g/mol. The maximum absolute atomic E-state index is 13.7. The first-order valence-corrected chi connectivity index (χ1v) is 23.8.